The molecule has 13 heteroatoms. The number of carbonyl (C=O) groups is 2. The Morgan fingerprint density at radius 2 is 1.83 bits per heavy atom. The highest BCUT2D eigenvalue weighted by Crippen LogP contribution is 2.57. The number of hydrogen-bond donors (Lipinski definition) is 1. The fourth-order valence-electron chi connectivity index (χ4n) is 7.42. The van der Waals surface area contributed by atoms with E-state index in [1.54, 1.807) is 36.2 Å². The third-order valence-electron chi connectivity index (χ3n) is 9.95. The fraction of sp³-hybridized carbons (Fsp3) is 0.455. The highest BCUT2D eigenvalue weighted by molar-refractivity contribution is 6.03. The van der Waals surface area contributed by atoms with Crippen molar-refractivity contribution in [3.8, 4) is 17.4 Å². The van der Waals surface area contributed by atoms with Crippen molar-refractivity contribution in [2.45, 2.75) is 43.8 Å². The topological polar surface area (TPSA) is 100 Å². The van der Waals surface area contributed by atoms with E-state index in [1.807, 2.05) is 11.0 Å². The summed E-state index contributed by atoms with van der Waals surface area (Å²) in [5.41, 5.74) is 0.293. The maximum absolute atomic E-state index is 14.0. The van der Waals surface area contributed by atoms with Crippen LogP contribution in [0.5, 0.6) is 17.4 Å². The number of halogens is 3. The fourth-order valence-corrected chi connectivity index (χ4v) is 7.42. The maximum atomic E-state index is 14.0. The van der Waals surface area contributed by atoms with E-state index in [0.29, 0.717) is 36.3 Å². The first-order valence-electron chi connectivity index (χ1n) is 15.4. The van der Waals surface area contributed by atoms with Gasteiger partial charge in [0.15, 0.2) is 0 Å². The van der Waals surface area contributed by atoms with Gasteiger partial charge < -0.3 is 29.5 Å². The number of likely N-dealkylation sites (tertiary alicyclic amines) is 2. The molecule has 3 aromatic rings. The molecule has 242 valence electrons. The standard InChI is InChI=1S/C33H35F3N6O4/c1-40-14-5-10-31(18-40)13-15-42(19-31)28(43)20-8-9-23(25(16-20)45-3)38-30-37-17-22(33(34,35)36)27(39-30)46-24-7-4-6-21-26(24)29(44)41(2)32(21)11-12-32/h4,6-9,16-17H,5,10-15,18-19H2,1-3H3,(H,37,38,39). The lowest BCUT2D eigenvalue weighted by atomic mass is 9.79. The van der Waals surface area contributed by atoms with Gasteiger partial charge in [0.1, 0.15) is 17.1 Å². The van der Waals surface area contributed by atoms with Crippen LogP contribution >= 0.6 is 0 Å². The van der Waals surface area contributed by atoms with Crippen molar-refractivity contribution in [2.24, 2.45) is 5.41 Å². The summed E-state index contributed by atoms with van der Waals surface area (Å²) in [5.74, 6) is -1.03. The Balaban J connectivity index is 1.14. The third kappa shape index (κ3) is 5.10. The van der Waals surface area contributed by atoms with Crippen LogP contribution in [0.3, 0.4) is 0 Å². The van der Waals surface area contributed by atoms with Crippen LogP contribution < -0.4 is 14.8 Å². The van der Waals surface area contributed by atoms with E-state index >= 15 is 0 Å². The van der Waals surface area contributed by atoms with Crippen LogP contribution in [0.25, 0.3) is 0 Å². The van der Waals surface area contributed by atoms with Gasteiger partial charge in [0, 0.05) is 43.9 Å². The Kier molecular flexibility index (Phi) is 7.14. The number of nitrogens with one attached hydrogen (secondary N) is 1. The smallest absolute Gasteiger partial charge is 0.423 e. The number of aromatic nitrogens is 2. The molecule has 4 heterocycles. The first-order valence-corrected chi connectivity index (χ1v) is 15.4. The van der Waals surface area contributed by atoms with E-state index < -0.39 is 23.2 Å². The van der Waals surface area contributed by atoms with Gasteiger partial charge in [0.2, 0.25) is 11.8 Å². The summed E-state index contributed by atoms with van der Waals surface area (Å²) >= 11 is 0. The first kappa shape index (κ1) is 30.3. The Labute approximate surface area is 264 Å². The Hall–Kier alpha value is -4.39. The molecule has 0 bridgehead atoms. The van der Waals surface area contributed by atoms with E-state index in [-0.39, 0.29) is 34.5 Å². The van der Waals surface area contributed by atoms with Crippen molar-refractivity contribution in [2.75, 3.05) is 52.7 Å². The van der Waals surface area contributed by atoms with Crippen LogP contribution in [0.1, 0.15) is 63.9 Å². The normalized spacial score (nSPS) is 22.0. The van der Waals surface area contributed by atoms with Gasteiger partial charge in [-0.25, -0.2) is 4.98 Å². The van der Waals surface area contributed by atoms with Crippen molar-refractivity contribution in [3.05, 3.63) is 64.8 Å². The van der Waals surface area contributed by atoms with Gasteiger partial charge in [-0.2, -0.15) is 18.2 Å². The molecule has 7 rings (SSSR count). The predicted molar refractivity (Wildman–Crippen MR) is 163 cm³/mol. The molecule has 2 amide bonds. The number of fused-ring (bicyclic) bond motifs is 2. The number of anilines is 2. The number of benzene rings is 2. The van der Waals surface area contributed by atoms with Gasteiger partial charge in [0.05, 0.1) is 23.9 Å². The Bertz CT molecular complexity index is 1730. The second-order valence-corrected chi connectivity index (χ2v) is 12.9. The molecule has 2 spiro atoms. The van der Waals surface area contributed by atoms with Gasteiger partial charge >= 0.3 is 6.18 Å². The molecule has 1 unspecified atom stereocenters. The highest BCUT2D eigenvalue weighted by Gasteiger charge is 2.57. The minimum atomic E-state index is -4.81. The minimum absolute atomic E-state index is 0.00251. The summed E-state index contributed by atoms with van der Waals surface area (Å²) in [6.45, 7) is 3.44. The molecule has 1 N–H and O–H groups in total. The SMILES string of the molecule is COc1cc(C(=O)N2CCC3(CCCN(C)C3)C2)ccc1Nc1ncc(C(F)(F)F)c(Oc2cccc3c2C(=O)N(C)C32CC2)n1. The summed E-state index contributed by atoms with van der Waals surface area (Å²) in [6, 6.07) is 9.81. The van der Waals surface area contributed by atoms with E-state index in [2.05, 4.69) is 27.2 Å². The quantitative estimate of drug-likeness (QED) is 0.370. The van der Waals surface area contributed by atoms with Crippen molar-refractivity contribution in [1.29, 1.82) is 0 Å². The average Bonchev–Trinajstić information content (AvgIpc) is 3.69. The number of ether oxygens (including phenoxy) is 2. The molecule has 3 aliphatic heterocycles. The number of methoxy groups -OCH3 is 1. The van der Waals surface area contributed by atoms with E-state index in [1.165, 1.54) is 13.2 Å². The van der Waals surface area contributed by atoms with E-state index in [4.69, 9.17) is 9.47 Å². The summed E-state index contributed by atoms with van der Waals surface area (Å²) < 4.78 is 53.5. The predicted octanol–water partition coefficient (Wildman–Crippen LogP) is 5.67. The molecular formula is C33H35F3N6O4. The van der Waals surface area contributed by atoms with Crippen molar-refractivity contribution >= 4 is 23.5 Å². The number of rotatable bonds is 6. The van der Waals surface area contributed by atoms with Crippen molar-refractivity contribution in [1.82, 2.24) is 24.7 Å². The molecule has 2 aromatic carbocycles. The molecule has 1 atom stereocenters. The number of piperidine rings is 1. The monoisotopic (exact) mass is 636 g/mol. The van der Waals surface area contributed by atoms with E-state index in [9.17, 15) is 22.8 Å². The van der Waals surface area contributed by atoms with Crippen LogP contribution in [0, 0.1) is 5.41 Å². The van der Waals surface area contributed by atoms with Crippen LogP contribution in [-0.2, 0) is 11.7 Å². The van der Waals surface area contributed by atoms with Crippen molar-refractivity contribution in [3.63, 3.8) is 0 Å². The second kappa shape index (κ2) is 10.9. The summed E-state index contributed by atoms with van der Waals surface area (Å²) in [5, 5.41) is 2.91. The van der Waals surface area contributed by atoms with Gasteiger partial charge in [-0.15, -0.1) is 0 Å². The molecular weight excluding hydrogens is 601 g/mol. The van der Waals surface area contributed by atoms with Gasteiger partial charge in [-0.05, 0) is 75.5 Å². The number of amides is 2. The largest absolute Gasteiger partial charge is 0.495 e. The van der Waals surface area contributed by atoms with Gasteiger partial charge in [-0.3, -0.25) is 9.59 Å². The Morgan fingerprint density at radius 1 is 1.02 bits per heavy atom. The lowest BCUT2D eigenvalue weighted by molar-refractivity contribution is -0.139. The Morgan fingerprint density at radius 3 is 2.54 bits per heavy atom. The highest BCUT2D eigenvalue weighted by atomic mass is 19.4. The first-order chi connectivity index (χ1) is 21.9. The summed E-state index contributed by atoms with van der Waals surface area (Å²) in [7, 11) is 5.25. The zero-order chi connectivity index (χ0) is 32.4. The van der Waals surface area contributed by atoms with Gasteiger partial charge in [-0.1, -0.05) is 12.1 Å². The molecule has 1 saturated carbocycles. The molecule has 0 radical (unpaired) electrons. The number of hydrogen-bond acceptors (Lipinski definition) is 8. The molecule has 1 aliphatic carbocycles. The minimum Gasteiger partial charge on any atom is -0.495 e. The van der Waals surface area contributed by atoms with Gasteiger partial charge in [0.25, 0.3) is 11.8 Å². The molecule has 46 heavy (non-hydrogen) atoms. The lowest BCUT2D eigenvalue weighted by Crippen LogP contribution is -2.43. The maximum Gasteiger partial charge on any atom is 0.423 e. The number of alkyl halides is 3. The zero-order valence-corrected chi connectivity index (χ0v) is 25.9. The average molecular weight is 637 g/mol. The summed E-state index contributed by atoms with van der Waals surface area (Å²) in [6.07, 6.45) is 0.578. The summed E-state index contributed by atoms with van der Waals surface area (Å²) in [4.78, 5) is 40.4. The van der Waals surface area contributed by atoms with Crippen LogP contribution in [-0.4, -0.2) is 83.9 Å². The molecule has 2 saturated heterocycles. The van der Waals surface area contributed by atoms with Crippen molar-refractivity contribution < 1.29 is 32.2 Å². The van der Waals surface area contributed by atoms with E-state index in [0.717, 1.165) is 50.8 Å². The van der Waals surface area contributed by atoms with Crippen LogP contribution in [0.15, 0.2) is 42.6 Å². The zero-order valence-electron chi connectivity index (χ0n) is 25.9. The molecule has 3 fully saturated rings. The molecule has 1 aromatic heterocycles. The lowest BCUT2D eigenvalue weighted by Gasteiger charge is -2.38. The molecule has 10 nitrogen and oxygen atoms in total. The number of carbonyl (C=O) groups excluding carboxylic acids is 2. The molecule has 4 aliphatic rings. The van der Waals surface area contributed by atoms with Crippen LogP contribution in [0.2, 0.25) is 0 Å². The second-order valence-electron chi connectivity index (χ2n) is 12.9. The number of nitrogens with zero attached hydrogens (tertiary/aromatic N) is 5. The van der Waals surface area contributed by atoms with Crippen LogP contribution in [0.4, 0.5) is 24.8 Å². The third-order valence-corrected chi connectivity index (χ3v) is 9.95.